The number of ether oxygens (including phenoxy) is 1. The number of benzene rings is 2. The van der Waals surface area contributed by atoms with Crippen LogP contribution in [0.4, 0.5) is 0 Å². The van der Waals surface area contributed by atoms with Gasteiger partial charge in [0.1, 0.15) is 23.4 Å². The van der Waals surface area contributed by atoms with E-state index in [1.165, 1.54) is 21.3 Å². The van der Waals surface area contributed by atoms with E-state index in [9.17, 15) is 14.4 Å². The number of thioether (sulfide) groups is 1. The Hall–Kier alpha value is -3.33. The van der Waals surface area contributed by atoms with Crippen LogP contribution >= 0.6 is 11.8 Å². The predicted octanol–water partition coefficient (Wildman–Crippen LogP) is 2.02. The molecule has 1 aromatic heterocycles. The quantitative estimate of drug-likeness (QED) is 0.674. The molecule has 0 radical (unpaired) electrons. The molecule has 0 bridgehead atoms. The van der Waals surface area contributed by atoms with Gasteiger partial charge in [0.2, 0.25) is 0 Å². The molecule has 2 heterocycles. The molecule has 1 N–H and O–H groups in total. The first-order chi connectivity index (χ1) is 14.5. The number of methoxy groups -OCH3 is 1. The van der Waals surface area contributed by atoms with Gasteiger partial charge in [0, 0.05) is 0 Å². The molecule has 0 spiro atoms. The fourth-order valence-electron chi connectivity index (χ4n) is 3.35. The molecule has 154 valence electrons. The van der Waals surface area contributed by atoms with Crippen molar-refractivity contribution < 1.29 is 14.3 Å². The number of nitrogens with one attached hydrogen (secondary N) is 1. The van der Waals surface area contributed by atoms with Gasteiger partial charge in [0.25, 0.3) is 17.4 Å². The molecule has 30 heavy (non-hydrogen) atoms. The number of aryl methyl sites for hydroxylation is 1. The number of nitrogens with zero attached hydrogens (tertiary/aromatic N) is 3. The Kier molecular flexibility index (Phi) is 5.45. The zero-order valence-electron chi connectivity index (χ0n) is 16.5. The van der Waals surface area contributed by atoms with Crippen molar-refractivity contribution in [2.45, 2.75) is 18.8 Å². The van der Waals surface area contributed by atoms with Gasteiger partial charge in [-0.1, -0.05) is 24.3 Å². The van der Waals surface area contributed by atoms with E-state index in [1.54, 1.807) is 32.2 Å². The van der Waals surface area contributed by atoms with E-state index < -0.39 is 5.91 Å². The van der Waals surface area contributed by atoms with E-state index in [4.69, 9.17) is 4.74 Å². The van der Waals surface area contributed by atoms with E-state index in [0.29, 0.717) is 22.5 Å². The Balaban J connectivity index is 1.57. The SMILES string of the molecule is COc1ccc(C2SCC(=O)N2NC(=O)Cn2c(=O)c(C)nc3ccccc32)cc1. The van der Waals surface area contributed by atoms with Crippen molar-refractivity contribution in [2.75, 3.05) is 12.9 Å². The summed E-state index contributed by atoms with van der Waals surface area (Å²) in [6.07, 6.45) is 0. The van der Waals surface area contributed by atoms with Crippen molar-refractivity contribution in [2.24, 2.45) is 0 Å². The summed E-state index contributed by atoms with van der Waals surface area (Å²) in [5.74, 6) is 0.316. The number of carbonyl (C=O) groups is 2. The van der Waals surface area contributed by atoms with Crippen LogP contribution in [0.3, 0.4) is 0 Å². The highest BCUT2D eigenvalue weighted by atomic mass is 32.2. The molecule has 1 fully saturated rings. The minimum Gasteiger partial charge on any atom is -0.497 e. The molecule has 1 unspecified atom stereocenters. The Labute approximate surface area is 176 Å². The van der Waals surface area contributed by atoms with Crippen LogP contribution in [0.2, 0.25) is 0 Å². The van der Waals surface area contributed by atoms with Gasteiger partial charge in [-0.05, 0) is 36.8 Å². The molecular weight excluding hydrogens is 404 g/mol. The average molecular weight is 424 g/mol. The fraction of sp³-hybridized carbons (Fsp3) is 0.238. The zero-order chi connectivity index (χ0) is 21.3. The topological polar surface area (TPSA) is 93.5 Å². The second-order valence-electron chi connectivity index (χ2n) is 6.81. The Morgan fingerprint density at radius 2 is 1.93 bits per heavy atom. The Morgan fingerprint density at radius 3 is 2.67 bits per heavy atom. The van der Waals surface area contributed by atoms with Gasteiger partial charge >= 0.3 is 0 Å². The lowest BCUT2D eigenvalue weighted by Crippen LogP contribution is -2.46. The Morgan fingerprint density at radius 1 is 1.20 bits per heavy atom. The predicted molar refractivity (Wildman–Crippen MR) is 114 cm³/mol. The van der Waals surface area contributed by atoms with Crippen molar-refractivity contribution >= 4 is 34.6 Å². The number of aromatic nitrogens is 2. The number of hydrogen-bond donors (Lipinski definition) is 1. The lowest BCUT2D eigenvalue weighted by molar-refractivity contribution is -0.139. The maximum absolute atomic E-state index is 12.8. The maximum atomic E-state index is 12.8. The number of fused-ring (bicyclic) bond motifs is 1. The third kappa shape index (κ3) is 3.76. The van der Waals surface area contributed by atoms with E-state index in [0.717, 1.165) is 5.56 Å². The van der Waals surface area contributed by atoms with Crippen LogP contribution in [-0.4, -0.2) is 39.2 Å². The zero-order valence-corrected chi connectivity index (χ0v) is 17.3. The van der Waals surface area contributed by atoms with Crippen molar-refractivity contribution in [3.05, 3.63) is 70.1 Å². The van der Waals surface area contributed by atoms with Crippen molar-refractivity contribution in [3.8, 4) is 5.75 Å². The second-order valence-corrected chi connectivity index (χ2v) is 7.88. The molecule has 3 aromatic rings. The van der Waals surface area contributed by atoms with Crippen LogP contribution in [0.25, 0.3) is 11.0 Å². The molecule has 2 aromatic carbocycles. The maximum Gasteiger partial charge on any atom is 0.272 e. The number of hydrogen-bond acceptors (Lipinski definition) is 6. The van der Waals surface area contributed by atoms with Crippen LogP contribution in [0.1, 0.15) is 16.6 Å². The molecule has 1 saturated heterocycles. The van der Waals surface area contributed by atoms with Crippen LogP contribution < -0.4 is 15.7 Å². The largest absolute Gasteiger partial charge is 0.497 e. The van der Waals surface area contributed by atoms with Crippen LogP contribution in [0, 0.1) is 6.92 Å². The van der Waals surface area contributed by atoms with Crippen molar-refractivity contribution in [1.82, 2.24) is 20.0 Å². The molecule has 1 aliphatic rings. The van der Waals surface area contributed by atoms with Crippen LogP contribution in [0.15, 0.2) is 53.3 Å². The fourth-order valence-corrected chi connectivity index (χ4v) is 4.46. The summed E-state index contributed by atoms with van der Waals surface area (Å²) in [7, 11) is 1.59. The van der Waals surface area contributed by atoms with E-state index in [2.05, 4.69) is 10.4 Å². The third-order valence-electron chi connectivity index (χ3n) is 4.83. The van der Waals surface area contributed by atoms with Gasteiger partial charge in [0.05, 0.1) is 23.9 Å². The summed E-state index contributed by atoms with van der Waals surface area (Å²) in [5, 5.41) is 0.982. The highest BCUT2D eigenvalue weighted by molar-refractivity contribution is 8.00. The summed E-state index contributed by atoms with van der Waals surface area (Å²) in [6, 6.07) is 14.5. The number of rotatable bonds is 5. The normalized spacial score (nSPS) is 16.1. The number of para-hydroxylation sites is 2. The standard InChI is InChI=1S/C21H20N4O4S/c1-13-20(28)24(17-6-4-3-5-16(17)22-13)11-18(26)23-25-19(27)12-30-21(25)14-7-9-15(29-2)10-8-14/h3-10,21H,11-12H2,1-2H3,(H,23,26). The first-order valence-corrected chi connectivity index (χ1v) is 10.4. The summed E-state index contributed by atoms with van der Waals surface area (Å²) < 4.78 is 6.55. The molecule has 8 nitrogen and oxygen atoms in total. The van der Waals surface area contributed by atoms with E-state index >= 15 is 0 Å². The molecule has 0 aliphatic carbocycles. The summed E-state index contributed by atoms with van der Waals surface area (Å²) in [5.41, 5.74) is 4.72. The van der Waals surface area contributed by atoms with E-state index in [1.807, 2.05) is 30.3 Å². The number of hydrazine groups is 1. The van der Waals surface area contributed by atoms with Crippen LogP contribution in [-0.2, 0) is 16.1 Å². The lowest BCUT2D eigenvalue weighted by atomic mass is 10.2. The minimum absolute atomic E-state index is 0.197. The van der Waals surface area contributed by atoms with Crippen LogP contribution in [0.5, 0.6) is 5.75 Å². The van der Waals surface area contributed by atoms with Gasteiger partial charge in [-0.25, -0.2) is 9.99 Å². The van der Waals surface area contributed by atoms with Gasteiger partial charge < -0.3 is 4.74 Å². The highest BCUT2D eigenvalue weighted by Gasteiger charge is 2.34. The molecule has 1 atom stereocenters. The summed E-state index contributed by atoms with van der Waals surface area (Å²) >= 11 is 1.42. The molecule has 1 aliphatic heterocycles. The highest BCUT2D eigenvalue weighted by Crippen LogP contribution is 2.37. The Bertz CT molecular complexity index is 1180. The second kappa shape index (κ2) is 8.19. The lowest BCUT2D eigenvalue weighted by Gasteiger charge is -2.25. The van der Waals surface area contributed by atoms with E-state index in [-0.39, 0.29) is 29.1 Å². The monoisotopic (exact) mass is 424 g/mol. The van der Waals surface area contributed by atoms with Gasteiger partial charge in [0.15, 0.2) is 0 Å². The molecular formula is C21H20N4O4S. The summed E-state index contributed by atoms with van der Waals surface area (Å²) in [4.78, 5) is 42.0. The van der Waals surface area contributed by atoms with Crippen molar-refractivity contribution in [1.29, 1.82) is 0 Å². The van der Waals surface area contributed by atoms with Gasteiger partial charge in [-0.15, -0.1) is 11.8 Å². The summed E-state index contributed by atoms with van der Waals surface area (Å²) in [6.45, 7) is 1.40. The number of amides is 2. The smallest absolute Gasteiger partial charge is 0.272 e. The van der Waals surface area contributed by atoms with Gasteiger partial charge in [-0.3, -0.25) is 24.4 Å². The molecule has 0 saturated carbocycles. The first kappa shape index (κ1) is 20.0. The molecule has 4 rings (SSSR count). The minimum atomic E-state index is -0.456. The molecule has 2 amide bonds. The average Bonchev–Trinajstić information content (AvgIpc) is 3.11. The third-order valence-corrected chi connectivity index (χ3v) is 6.04. The number of carbonyl (C=O) groups excluding carboxylic acids is 2. The first-order valence-electron chi connectivity index (χ1n) is 9.31. The molecule has 9 heteroatoms. The van der Waals surface area contributed by atoms with Gasteiger partial charge in [-0.2, -0.15) is 0 Å². The van der Waals surface area contributed by atoms with Crippen molar-refractivity contribution in [3.63, 3.8) is 0 Å².